The predicted octanol–water partition coefficient (Wildman–Crippen LogP) is -0.863. The van der Waals surface area contributed by atoms with Crippen LogP contribution in [0, 0.1) is 0 Å². The first-order valence-electron chi connectivity index (χ1n) is 8.92. The number of amidine groups is 1. The number of carbonyl (C=O) groups is 2. The van der Waals surface area contributed by atoms with Gasteiger partial charge in [0.1, 0.15) is 0 Å². The highest BCUT2D eigenvalue weighted by Gasteiger charge is 2.22. The van der Waals surface area contributed by atoms with E-state index in [0.717, 1.165) is 13.8 Å². The molecule has 6 N–H and O–H groups in total. The molecule has 2 rings (SSSR count). The molecule has 0 saturated carbocycles. The van der Waals surface area contributed by atoms with E-state index in [9.17, 15) is 8.42 Å². The topological polar surface area (TPSA) is 188 Å². The molecule has 0 aliphatic carbocycles. The Kier molecular flexibility index (Phi) is 10.5. The van der Waals surface area contributed by atoms with Crippen LogP contribution in [0.3, 0.4) is 0 Å². The molecule has 0 fully saturated rings. The standard InChI is InChI=1S/C16H20N4O2S.2C2H4O2/c1-16(2,3)20-23(21,22)12-7-4-6-11(10-12)13-8-5-9-14(19-13)15(17)18;2*1-2(3)4/h4-10,20H,1-3H3,(H3,17,18);2*1H3,(H,3,4). The number of pyridine rings is 1. The molecule has 11 heteroatoms. The summed E-state index contributed by atoms with van der Waals surface area (Å²) in [6.07, 6.45) is 0. The first-order valence-corrected chi connectivity index (χ1v) is 10.4. The molecule has 10 nitrogen and oxygen atoms in total. The summed E-state index contributed by atoms with van der Waals surface area (Å²) in [4.78, 5) is 22.4. The number of aromatic nitrogens is 1. The molecule has 2 aromatic rings. The number of nitrogens with zero attached hydrogens (tertiary/aromatic N) is 1. The normalized spacial score (nSPS) is 10.6. The van der Waals surface area contributed by atoms with Gasteiger partial charge in [0.2, 0.25) is 10.0 Å². The molecule has 31 heavy (non-hydrogen) atoms. The summed E-state index contributed by atoms with van der Waals surface area (Å²) in [6.45, 7) is 7.43. The zero-order valence-corrected chi connectivity index (χ0v) is 18.9. The number of carboxylic acids is 2. The van der Waals surface area contributed by atoms with E-state index in [4.69, 9.17) is 30.9 Å². The SMILES string of the molecule is CC(=O)O.CC(=O)[O-].CC(C)(C)NS(=O)(=O)c1cccc(-c2cccc(C(N)=[NH2+])n2)c1. The van der Waals surface area contributed by atoms with Gasteiger partial charge in [0.05, 0.1) is 10.6 Å². The maximum atomic E-state index is 12.4. The highest BCUT2D eigenvalue weighted by Crippen LogP contribution is 2.22. The van der Waals surface area contributed by atoms with Gasteiger partial charge in [-0.2, -0.15) is 0 Å². The second-order valence-corrected chi connectivity index (χ2v) is 8.94. The van der Waals surface area contributed by atoms with Crippen LogP contribution in [-0.2, 0) is 19.6 Å². The number of carbonyl (C=O) groups excluding carboxylic acids is 1. The number of aliphatic carboxylic acids is 2. The van der Waals surface area contributed by atoms with Crippen molar-refractivity contribution in [1.29, 1.82) is 0 Å². The molecule has 1 aromatic heterocycles. The van der Waals surface area contributed by atoms with E-state index in [2.05, 4.69) is 9.71 Å². The summed E-state index contributed by atoms with van der Waals surface area (Å²) >= 11 is 0. The van der Waals surface area contributed by atoms with E-state index in [0.29, 0.717) is 17.0 Å². The zero-order valence-electron chi connectivity index (χ0n) is 18.0. The molecular formula is C20H28N4O6S. The lowest BCUT2D eigenvalue weighted by Crippen LogP contribution is -2.46. The largest absolute Gasteiger partial charge is 0.550 e. The van der Waals surface area contributed by atoms with Crippen LogP contribution >= 0.6 is 0 Å². The molecule has 0 radical (unpaired) electrons. The average molecular weight is 453 g/mol. The van der Waals surface area contributed by atoms with Crippen LogP contribution in [0.15, 0.2) is 47.4 Å². The second-order valence-electron chi connectivity index (χ2n) is 7.26. The van der Waals surface area contributed by atoms with E-state index in [-0.39, 0.29) is 10.7 Å². The van der Waals surface area contributed by atoms with E-state index in [1.807, 2.05) is 0 Å². The summed E-state index contributed by atoms with van der Waals surface area (Å²) in [7, 11) is -3.61. The van der Waals surface area contributed by atoms with Crippen molar-refractivity contribution in [2.45, 2.75) is 45.1 Å². The minimum Gasteiger partial charge on any atom is -0.550 e. The fourth-order valence-electron chi connectivity index (χ4n) is 2.04. The number of hydrogen-bond acceptors (Lipinski definition) is 6. The second kappa shape index (κ2) is 11.8. The summed E-state index contributed by atoms with van der Waals surface area (Å²) in [6, 6.07) is 11.8. The minimum absolute atomic E-state index is 0.116. The highest BCUT2D eigenvalue weighted by atomic mass is 32.2. The van der Waals surface area contributed by atoms with Crippen molar-refractivity contribution in [2.75, 3.05) is 0 Å². The van der Waals surface area contributed by atoms with Crippen molar-refractivity contribution < 1.29 is 33.6 Å². The minimum atomic E-state index is -3.61. The van der Waals surface area contributed by atoms with Crippen LogP contribution < -0.4 is 21.0 Å². The Morgan fingerprint density at radius 3 is 2.06 bits per heavy atom. The van der Waals surface area contributed by atoms with E-state index >= 15 is 0 Å². The smallest absolute Gasteiger partial charge is 0.300 e. The third kappa shape index (κ3) is 12.1. The number of sulfonamides is 1. The molecular weight excluding hydrogens is 424 g/mol. The van der Waals surface area contributed by atoms with Crippen LogP contribution in [0.1, 0.15) is 40.3 Å². The molecule has 1 heterocycles. The zero-order chi connectivity index (χ0) is 24.4. The monoisotopic (exact) mass is 452 g/mol. The fourth-order valence-corrected chi connectivity index (χ4v) is 3.50. The van der Waals surface area contributed by atoms with Gasteiger partial charge in [-0.25, -0.2) is 18.1 Å². The first kappa shape index (κ1) is 27.7. The summed E-state index contributed by atoms with van der Waals surface area (Å²) in [5, 5.41) is 21.9. The molecule has 0 spiro atoms. The van der Waals surface area contributed by atoms with Gasteiger partial charge in [0.15, 0.2) is 5.69 Å². The summed E-state index contributed by atoms with van der Waals surface area (Å²) in [5.41, 5.74) is 6.73. The molecule has 0 atom stereocenters. The van der Waals surface area contributed by atoms with Gasteiger partial charge >= 0.3 is 0 Å². The number of hydrogen-bond donors (Lipinski definition) is 4. The molecule has 0 amide bonds. The lowest BCUT2D eigenvalue weighted by molar-refractivity contribution is -0.302. The number of nitrogens with two attached hydrogens (primary N) is 2. The summed E-state index contributed by atoms with van der Waals surface area (Å²) < 4.78 is 27.5. The number of rotatable bonds is 4. The van der Waals surface area contributed by atoms with Crippen LogP contribution in [0.4, 0.5) is 0 Å². The molecule has 1 aromatic carbocycles. The molecule has 0 aliphatic heterocycles. The van der Waals surface area contributed by atoms with Gasteiger partial charge in [0, 0.05) is 24.0 Å². The lowest BCUT2D eigenvalue weighted by atomic mass is 10.1. The van der Waals surface area contributed by atoms with Crippen LogP contribution in [0.25, 0.3) is 11.3 Å². The van der Waals surface area contributed by atoms with Crippen LogP contribution in [0.2, 0.25) is 0 Å². The van der Waals surface area contributed by atoms with Gasteiger partial charge in [-0.05, 0) is 52.0 Å². The maximum absolute atomic E-state index is 12.4. The van der Waals surface area contributed by atoms with Gasteiger partial charge in [0.25, 0.3) is 11.8 Å². The predicted molar refractivity (Wildman–Crippen MR) is 114 cm³/mol. The molecule has 0 bridgehead atoms. The molecule has 0 aliphatic rings. The Labute approximate surface area is 181 Å². The lowest BCUT2D eigenvalue weighted by Gasteiger charge is -2.20. The third-order valence-corrected chi connectivity index (χ3v) is 4.68. The Bertz CT molecular complexity index is 1010. The quantitative estimate of drug-likeness (QED) is 0.340. The van der Waals surface area contributed by atoms with Crippen molar-refractivity contribution in [2.24, 2.45) is 5.73 Å². The van der Waals surface area contributed by atoms with Crippen molar-refractivity contribution in [3.8, 4) is 11.3 Å². The Morgan fingerprint density at radius 2 is 1.61 bits per heavy atom. The van der Waals surface area contributed by atoms with Crippen molar-refractivity contribution in [3.63, 3.8) is 0 Å². The van der Waals surface area contributed by atoms with E-state index in [1.54, 1.807) is 63.2 Å². The van der Waals surface area contributed by atoms with Gasteiger partial charge in [-0.3, -0.25) is 15.9 Å². The van der Waals surface area contributed by atoms with Crippen LogP contribution in [0.5, 0.6) is 0 Å². The Morgan fingerprint density at radius 1 is 1.13 bits per heavy atom. The van der Waals surface area contributed by atoms with Crippen molar-refractivity contribution >= 4 is 27.8 Å². The maximum Gasteiger partial charge on any atom is 0.300 e. The Hall–Kier alpha value is -3.31. The number of benzene rings is 1. The van der Waals surface area contributed by atoms with Gasteiger partial charge < -0.3 is 15.0 Å². The molecule has 0 saturated heterocycles. The van der Waals surface area contributed by atoms with Gasteiger partial charge in [-0.1, -0.05) is 18.2 Å². The van der Waals surface area contributed by atoms with E-state index < -0.39 is 27.5 Å². The highest BCUT2D eigenvalue weighted by molar-refractivity contribution is 7.89. The number of carboxylic acid groups (broad SMARTS) is 2. The van der Waals surface area contributed by atoms with Gasteiger partial charge in [-0.15, -0.1) is 0 Å². The molecule has 0 unspecified atom stereocenters. The number of nitrogens with one attached hydrogen (secondary N) is 1. The molecule has 170 valence electrons. The fraction of sp³-hybridized carbons (Fsp3) is 0.300. The van der Waals surface area contributed by atoms with E-state index in [1.165, 1.54) is 0 Å². The van der Waals surface area contributed by atoms with Crippen LogP contribution in [-0.4, -0.2) is 41.8 Å². The van der Waals surface area contributed by atoms with Crippen molar-refractivity contribution in [1.82, 2.24) is 9.71 Å². The first-order chi connectivity index (χ1) is 14.0. The third-order valence-electron chi connectivity index (χ3n) is 2.93. The Balaban J connectivity index is 0.000000967. The van der Waals surface area contributed by atoms with Crippen molar-refractivity contribution in [3.05, 3.63) is 48.2 Å². The summed E-state index contributed by atoms with van der Waals surface area (Å²) in [5.74, 6) is -1.80. The average Bonchev–Trinajstić information content (AvgIpc) is 2.59.